The molecule has 1 aromatic heterocycles. The predicted molar refractivity (Wildman–Crippen MR) is 118 cm³/mol. The molecule has 2 amide bonds. The molecular formula is C20H20N2O3S3. The molecule has 1 unspecified atom stereocenters. The first kappa shape index (κ1) is 20.7. The van der Waals surface area contributed by atoms with Gasteiger partial charge in [0.05, 0.1) is 17.6 Å². The van der Waals surface area contributed by atoms with Gasteiger partial charge in [-0.05, 0) is 36.4 Å². The molecule has 2 atom stereocenters. The minimum Gasteiger partial charge on any atom is -0.394 e. The van der Waals surface area contributed by atoms with Crippen molar-refractivity contribution >= 4 is 57.5 Å². The molecule has 5 nitrogen and oxygen atoms in total. The second-order valence-corrected chi connectivity index (χ2v) is 8.98. The number of aliphatic hydroxyl groups excluding tert-OH is 1. The van der Waals surface area contributed by atoms with Crippen molar-refractivity contribution in [3.8, 4) is 0 Å². The number of hydrogen-bond donors (Lipinski definition) is 2. The molecule has 8 heteroatoms. The molecule has 0 bridgehead atoms. The van der Waals surface area contributed by atoms with Gasteiger partial charge in [-0.2, -0.15) is 0 Å². The van der Waals surface area contributed by atoms with E-state index in [4.69, 9.17) is 12.2 Å². The van der Waals surface area contributed by atoms with Crippen LogP contribution < -0.4 is 5.32 Å². The zero-order chi connectivity index (χ0) is 20.1. The monoisotopic (exact) mass is 432 g/mol. The number of nitrogens with zero attached hydrogens (tertiary/aromatic N) is 1. The van der Waals surface area contributed by atoms with Crippen LogP contribution in [0.15, 0.2) is 52.7 Å². The van der Waals surface area contributed by atoms with Crippen LogP contribution in [0.4, 0.5) is 0 Å². The van der Waals surface area contributed by atoms with Gasteiger partial charge in [0.2, 0.25) is 5.91 Å². The highest BCUT2D eigenvalue weighted by Gasteiger charge is 2.38. The van der Waals surface area contributed by atoms with Gasteiger partial charge in [0, 0.05) is 4.88 Å². The number of benzene rings is 1. The third kappa shape index (κ3) is 4.88. The summed E-state index contributed by atoms with van der Waals surface area (Å²) in [6.45, 7) is 1.45. The van der Waals surface area contributed by atoms with Gasteiger partial charge in [0.15, 0.2) is 0 Å². The summed E-state index contributed by atoms with van der Waals surface area (Å²) in [4.78, 5) is 28.3. The average Bonchev–Trinajstić information content (AvgIpc) is 3.29. The molecule has 0 radical (unpaired) electrons. The summed E-state index contributed by atoms with van der Waals surface area (Å²) in [5, 5.41) is 14.4. The lowest BCUT2D eigenvalue weighted by atomic mass is 10.1. The molecular weight excluding hydrogens is 412 g/mol. The number of thiophene rings is 1. The number of rotatable bonds is 7. The summed E-state index contributed by atoms with van der Waals surface area (Å²) in [7, 11) is 0. The number of hydrogen-bond acceptors (Lipinski definition) is 6. The molecule has 2 N–H and O–H groups in total. The van der Waals surface area contributed by atoms with Gasteiger partial charge in [-0.25, -0.2) is 0 Å². The normalized spacial score (nSPS) is 17.8. The number of carbonyl (C=O) groups is 2. The molecule has 0 saturated carbocycles. The minimum atomic E-state index is -0.758. The summed E-state index contributed by atoms with van der Waals surface area (Å²) < 4.78 is 0.360. The Morgan fingerprint density at radius 3 is 2.68 bits per heavy atom. The van der Waals surface area contributed by atoms with Crippen LogP contribution in [0, 0.1) is 0 Å². The smallest absolute Gasteiger partial charge is 0.266 e. The molecule has 3 rings (SSSR count). The van der Waals surface area contributed by atoms with E-state index in [1.807, 2.05) is 47.8 Å². The van der Waals surface area contributed by atoms with E-state index in [-0.39, 0.29) is 18.4 Å². The minimum absolute atomic E-state index is 0.190. The largest absolute Gasteiger partial charge is 0.394 e. The van der Waals surface area contributed by atoms with Gasteiger partial charge in [-0.15, -0.1) is 11.3 Å². The topological polar surface area (TPSA) is 69.6 Å². The summed E-state index contributed by atoms with van der Waals surface area (Å²) in [6.07, 6.45) is 2.30. The standard InChI is InChI=1S/C20H20N2O3S3/c1-13(18(24)21-15(12-23)10-14-6-3-2-4-7-14)22-19(25)17(28-20(22)26)11-16-8-5-9-27-16/h2-9,11,13,15,23H,10,12H2,1H3,(H,21,24)/t13?,15-/m1/s1. The SMILES string of the molecule is CC(C(=O)N[C@@H](CO)Cc1ccccc1)N1C(=O)C(=Cc2cccs2)SC1=S. The van der Waals surface area contributed by atoms with Gasteiger partial charge in [-0.1, -0.05) is 60.4 Å². The van der Waals surface area contributed by atoms with E-state index in [0.717, 1.165) is 10.4 Å². The molecule has 28 heavy (non-hydrogen) atoms. The molecule has 1 aliphatic heterocycles. The van der Waals surface area contributed by atoms with E-state index in [1.165, 1.54) is 28.0 Å². The van der Waals surface area contributed by atoms with Crippen molar-refractivity contribution in [2.75, 3.05) is 6.61 Å². The Kier molecular flexibility index (Phi) is 7.01. The fraction of sp³-hybridized carbons (Fsp3) is 0.250. The van der Waals surface area contributed by atoms with E-state index < -0.39 is 12.1 Å². The van der Waals surface area contributed by atoms with E-state index in [0.29, 0.717) is 15.6 Å². The quantitative estimate of drug-likeness (QED) is 0.520. The molecule has 146 valence electrons. The van der Waals surface area contributed by atoms with Crippen LogP contribution in [0.3, 0.4) is 0 Å². The summed E-state index contributed by atoms with van der Waals surface area (Å²) in [5.41, 5.74) is 1.01. The van der Waals surface area contributed by atoms with Crippen molar-refractivity contribution in [1.29, 1.82) is 0 Å². The lowest BCUT2D eigenvalue weighted by Gasteiger charge is -2.25. The molecule has 1 aromatic carbocycles. The maximum Gasteiger partial charge on any atom is 0.266 e. The first-order chi connectivity index (χ1) is 13.5. The van der Waals surface area contributed by atoms with E-state index >= 15 is 0 Å². The molecule has 2 heterocycles. The number of aliphatic hydroxyl groups is 1. The summed E-state index contributed by atoms with van der Waals surface area (Å²) in [5.74, 6) is -0.613. The zero-order valence-electron chi connectivity index (χ0n) is 15.2. The highest BCUT2D eigenvalue weighted by Crippen LogP contribution is 2.34. The van der Waals surface area contributed by atoms with Crippen molar-refractivity contribution in [1.82, 2.24) is 10.2 Å². The first-order valence-corrected chi connectivity index (χ1v) is 10.9. The van der Waals surface area contributed by atoms with Gasteiger partial charge in [0.1, 0.15) is 10.4 Å². The third-order valence-electron chi connectivity index (χ3n) is 4.30. The maximum atomic E-state index is 12.8. The highest BCUT2D eigenvalue weighted by molar-refractivity contribution is 8.26. The zero-order valence-corrected chi connectivity index (χ0v) is 17.7. The number of nitrogens with one attached hydrogen (secondary N) is 1. The Morgan fingerprint density at radius 2 is 2.04 bits per heavy atom. The molecule has 1 aliphatic rings. The van der Waals surface area contributed by atoms with Gasteiger partial charge in [-0.3, -0.25) is 14.5 Å². The van der Waals surface area contributed by atoms with Crippen molar-refractivity contribution in [3.63, 3.8) is 0 Å². The van der Waals surface area contributed by atoms with Crippen LogP contribution in [0.5, 0.6) is 0 Å². The molecule has 1 fully saturated rings. The van der Waals surface area contributed by atoms with E-state index in [1.54, 1.807) is 13.0 Å². The summed E-state index contributed by atoms with van der Waals surface area (Å²) >= 11 is 8.06. The van der Waals surface area contributed by atoms with Crippen LogP contribution in [0.2, 0.25) is 0 Å². The van der Waals surface area contributed by atoms with Crippen LogP contribution >= 0.6 is 35.3 Å². The van der Waals surface area contributed by atoms with Crippen LogP contribution in [-0.4, -0.2) is 44.8 Å². The first-order valence-electron chi connectivity index (χ1n) is 8.75. The van der Waals surface area contributed by atoms with Crippen molar-refractivity contribution < 1.29 is 14.7 Å². The van der Waals surface area contributed by atoms with E-state index in [2.05, 4.69) is 5.32 Å². The molecule has 0 aliphatic carbocycles. The number of amides is 2. The van der Waals surface area contributed by atoms with Crippen LogP contribution in [0.25, 0.3) is 6.08 Å². The van der Waals surface area contributed by atoms with Gasteiger partial charge in [0.25, 0.3) is 5.91 Å². The lowest BCUT2D eigenvalue weighted by Crippen LogP contribution is -2.51. The number of carbonyl (C=O) groups excluding carboxylic acids is 2. The highest BCUT2D eigenvalue weighted by atomic mass is 32.2. The Balaban J connectivity index is 1.66. The van der Waals surface area contributed by atoms with Gasteiger partial charge >= 0.3 is 0 Å². The third-order valence-corrected chi connectivity index (χ3v) is 6.45. The predicted octanol–water partition coefficient (Wildman–Crippen LogP) is 3.06. The van der Waals surface area contributed by atoms with E-state index in [9.17, 15) is 14.7 Å². The van der Waals surface area contributed by atoms with Crippen molar-refractivity contribution in [2.45, 2.75) is 25.4 Å². The van der Waals surface area contributed by atoms with Crippen LogP contribution in [-0.2, 0) is 16.0 Å². The molecule has 1 saturated heterocycles. The second kappa shape index (κ2) is 9.47. The average molecular weight is 433 g/mol. The maximum absolute atomic E-state index is 12.8. The van der Waals surface area contributed by atoms with Gasteiger partial charge < -0.3 is 10.4 Å². The van der Waals surface area contributed by atoms with Crippen molar-refractivity contribution in [2.24, 2.45) is 0 Å². The fourth-order valence-corrected chi connectivity index (χ4v) is 4.96. The van der Waals surface area contributed by atoms with Crippen LogP contribution in [0.1, 0.15) is 17.4 Å². The number of thioether (sulfide) groups is 1. The lowest BCUT2D eigenvalue weighted by molar-refractivity contribution is -0.132. The Morgan fingerprint density at radius 1 is 1.29 bits per heavy atom. The molecule has 2 aromatic rings. The summed E-state index contributed by atoms with van der Waals surface area (Å²) in [6, 6.07) is 12.3. The fourth-order valence-electron chi connectivity index (χ4n) is 2.82. The Bertz CT molecular complexity index is 881. The molecule has 0 spiro atoms. The number of thiocarbonyl (C=S) groups is 1. The van der Waals surface area contributed by atoms with Crippen molar-refractivity contribution in [3.05, 3.63) is 63.2 Å². The Hall–Kier alpha value is -2.00. The Labute approximate surface area is 177 Å². The second-order valence-electron chi connectivity index (χ2n) is 6.32.